The predicted octanol–water partition coefficient (Wildman–Crippen LogP) is 3.72. The molecule has 1 atom stereocenters. The van der Waals surface area contributed by atoms with Crippen molar-refractivity contribution in [1.82, 2.24) is 0 Å². The molecule has 0 saturated carbocycles. The van der Waals surface area contributed by atoms with Gasteiger partial charge in [-0.15, -0.1) is 0 Å². The molecule has 3 nitrogen and oxygen atoms in total. The lowest BCUT2D eigenvalue weighted by molar-refractivity contribution is 0.173. The number of rotatable bonds is 5. The lowest BCUT2D eigenvalue weighted by Crippen LogP contribution is -2.01. The molecule has 0 saturated heterocycles. The van der Waals surface area contributed by atoms with Gasteiger partial charge in [0.25, 0.3) is 0 Å². The summed E-state index contributed by atoms with van der Waals surface area (Å²) in [5.41, 5.74) is 1.17. The number of aliphatic hydroxyl groups excluding tert-OH is 1. The van der Waals surface area contributed by atoms with Gasteiger partial charge in [-0.05, 0) is 30.2 Å². The van der Waals surface area contributed by atoms with Gasteiger partial charge in [0.1, 0.15) is 24.2 Å². The van der Waals surface area contributed by atoms with Crippen molar-refractivity contribution in [3.05, 3.63) is 65.0 Å². The number of nitrogens with zero attached hydrogens (tertiary/aromatic N) is 1. The largest absolute Gasteiger partial charge is 0.489 e. The highest BCUT2D eigenvalue weighted by Crippen LogP contribution is 2.21. The number of hydrogen-bond donors (Lipinski definition) is 1. The lowest BCUT2D eigenvalue weighted by atomic mass is 10.1. The van der Waals surface area contributed by atoms with E-state index in [0.29, 0.717) is 17.7 Å². The molecule has 2 aromatic carbocycles. The first-order valence-corrected chi connectivity index (χ1v) is 6.74. The van der Waals surface area contributed by atoms with Crippen LogP contribution in [0.3, 0.4) is 0 Å². The van der Waals surface area contributed by atoms with E-state index in [1.807, 2.05) is 6.92 Å². The molecule has 21 heavy (non-hydrogen) atoms. The average Bonchev–Trinajstić information content (AvgIpc) is 2.53. The van der Waals surface area contributed by atoms with Crippen LogP contribution in [0.5, 0.6) is 5.75 Å². The zero-order valence-corrected chi connectivity index (χ0v) is 11.7. The van der Waals surface area contributed by atoms with E-state index in [1.165, 1.54) is 6.07 Å². The van der Waals surface area contributed by atoms with E-state index >= 15 is 0 Å². The Morgan fingerprint density at radius 1 is 1.24 bits per heavy atom. The van der Waals surface area contributed by atoms with Crippen molar-refractivity contribution >= 4 is 0 Å². The minimum atomic E-state index is -0.543. The molecule has 0 radical (unpaired) electrons. The number of aliphatic hydroxyl groups is 1. The van der Waals surface area contributed by atoms with Crippen LogP contribution in [0, 0.1) is 17.1 Å². The summed E-state index contributed by atoms with van der Waals surface area (Å²) in [6.07, 6.45) is 0.163. The van der Waals surface area contributed by atoms with Crippen LogP contribution in [0.25, 0.3) is 0 Å². The summed E-state index contributed by atoms with van der Waals surface area (Å²) < 4.78 is 19.4. The fourth-order valence-electron chi connectivity index (χ4n) is 1.96. The average molecular weight is 285 g/mol. The summed E-state index contributed by atoms with van der Waals surface area (Å²) in [6, 6.07) is 13.5. The molecule has 0 spiro atoms. The summed E-state index contributed by atoms with van der Waals surface area (Å²) in [4.78, 5) is 0. The van der Waals surface area contributed by atoms with Crippen molar-refractivity contribution in [2.45, 2.75) is 26.1 Å². The fourth-order valence-corrected chi connectivity index (χ4v) is 1.96. The van der Waals surface area contributed by atoms with Crippen LogP contribution in [-0.2, 0) is 6.61 Å². The maximum atomic E-state index is 13.9. The van der Waals surface area contributed by atoms with Gasteiger partial charge in [0, 0.05) is 5.56 Å². The highest BCUT2D eigenvalue weighted by atomic mass is 19.1. The number of ether oxygens (including phenoxy) is 1. The molecule has 0 bridgehead atoms. The van der Waals surface area contributed by atoms with Crippen molar-refractivity contribution in [1.29, 1.82) is 5.26 Å². The first kappa shape index (κ1) is 15.0. The van der Waals surface area contributed by atoms with E-state index in [4.69, 9.17) is 10.00 Å². The molecule has 2 rings (SSSR count). The number of halogens is 1. The highest BCUT2D eigenvalue weighted by molar-refractivity contribution is 5.35. The standard InChI is InChI=1S/C17H16FNO2/c1-2-16(20)12-6-8-15(9-7-12)21-11-14-5-3-4-13(10-19)17(14)18/h3-9,16,20H,2,11H2,1H3/t16-/m0/s1. The molecule has 0 unspecified atom stereocenters. The van der Waals surface area contributed by atoms with Crippen LogP contribution >= 0.6 is 0 Å². The molecule has 0 heterocycles. The van der Waals surface area contributed by atoms with Gasteiger partial charge in [-0.2, -0.15) is 5.26 Å². The maximum absolute atomic E-state index is 13.9. The second kappa shape index (κ2) is 6.87. The van der Waals surface area contributed by atoms with Crippen LogP contribution in [-0.4, -0.2) is 5.11 Å². The van der Waals surface area contributed by atoms with Crippen LogP contribution in [0.4, 0.5) is 4.39 Å². The van der Waals surface area contributed by atoms with E-state index in [0.717, 1.165) is 5.56 Å². The van der Waals surface area contributed by atoms with Gasteiger partial charge in [-0.1, -0.05) is 31.2 Å². The molecule has 4 heteroatoms. The Morgan fingerprint density at radius 3 is 2.57 bits per heavy atom. The van der Waals surface area contributed by atoms with Gasteiger partial charge in [-0.3, -0.25) is 0 Å². The van der Waals surface area contributed by atoms with E-state index in [9.17, 15) is 9.50 Å². The molecule has 2 aromatic rings. The Labute approximate surface area is 123 Å². The third-order valence-electron chi connectivity index (χ3n) is 3.25. The number of nitriles is 1. The summed E-state index contributed by atoms with van der Waals surface area (Å²) >= 11 is 0. The maximum Gasteiger partial charge on any atom is 0.147 e. The second-order valence-electron chi connectivity index (χ2n) is 4.67. The summed E-state index contributed by atoms with van der Waals surface area (Å²) in [5.74, 6) is 0.0434. The monoisotopic (exact) mass is 285 g/mol. The van der Waals surface area contributed by atoms with E-state index in [2.05, 4.69) is 0 Å². The van der Waals surface area contributed by atoms with Gasteiger partial charge >= 0.3 is 0 Å². The Hall–Kier alpha value is -2.38. The first-order valence-electron chi connectivity index (χ1n) is 6.74. The van der Waals surface area contributed by atoms with Gasteiger partial charge in [0.2, 0.25) is 0 Å². The molecule has 0 amide bonds. The number of hydrogen-bond acceptors (Lipinski definition) is 3. The molecular weight excluding hydrogens is 269 g/mol. The van der Waals surface area contributed by atoms with Gasteiger partial charge in [-0.25, -0.2) is 4.39 Å². The van der Waals surface area contributed by atoms with Gasteiger partial charge in [0.05, 0.1) is 11.7 Å². The smallest absolute Gasteiger partial charge is 0.147 e. The van der Waals surface area contributed by atoms with Crippen molar-refractivity contribution in [3.8, 4) is 11.8 Å². The summed E-state index contributed by atoms with van der Waals surface area (Å²) in [6.45, 7) is 1.96. The Balaban J connectivity index is 2.05. The molecule has 0 aliphatic carbocycles. The highest BCUT2D eigenvalue weighted by Gasteiger charge is 2.08. The first-order chi connectivity index (χ1) is 10.2. The molecule has 1 N–H and O–H groups in total. The Morgan fingerprint density at radius 2 is 1.95 bits per heavy atom. The SMILES string of the molecule is CC[C@H](O)c1ccc(OCc2cccc(C#N)c2F)cc1. The quantitative estimate of drug-likeness (QED) is 0.911. The minimum Gasteiger partial charge on any atom is -0.489 e. The zero-order chi connectivity index (χ0) is 15.2. The van der Waals surface area contributed by atoms with Gasteiger partial charge < -0.3 is 9.84 Å². The van der Waals surface area contributed by atoms with Crippen molar-refractivity contribution in [2.75, 3.05) is 0 Å². The summed E-state index contributed by atoms with van der Waals surface area (Å²) in [7, 11) is 0. The Bertz CT molecular complexity index is 647. The van der Waals surface area contributed by atoms with Gasteiger partial charge in [0.15, 0.2) is 0 Å². The van der Waals surface area contributed by atoms with E-state index in [-0.39, 0.29) is 12.2 Å². The summed E-state index contributed by atoms with van der Waals surface area (Å²) in [5, 5.41) is 18.5. The molecule has 0 aliphatic heterocycles. The van der Waals surface area contributed by atoms with Crippen LogP contribution < -0.4 is 4.74 Å². The molecule has 108 valence electrons. The predicted molar refractivity (Wildman–Crippen MR) is 77.1 cm³/mol. The molecule has 0 fully saturated rings. The number of benzene rings is 2. The fraction of sp³-hybridized carbons (Fsp3) is 0.235. The molecular formula is C17H16FNO2. The topological polar surface area (TPSA) is 53.2 Å². The van der Waals surface area contributed by atoms with E-state index in [1.54, 1.807) is 42.5 Å². The van der Waals surface area contributed by atoms with E-state index < -0.39 is 11.9 Å². The lowest BCUT2D eigenvalue weighted by Gasteiger charge is -2.10. The van der Waals surface area contributed by atoms with Crippen LogP contribution in [0.2, 0.25) is 0 Å². The second-order valence-corrected chi connectivity index (χ2v) is 4.67. The molecule has 0 aliphatic rings. The van der Waals surface area contributed by atoms with Crippen molar-refractivity contribution < 1.29 is 14.2 Å². The van der Waals surface area contributed by atoms with Crippen LogP contribution in [0.1, 0.15) is 36.1 Å². The third kappa shape index (κ3) is 3.59. The minimum absolute atomic E-state index is 0.0116. The molecule has 0 aromatic heterocycles. The van der Waals surface area contributed by atoms with Crippen molar-refractivity contribution in [3.63, 3.8) is 0 Å². The third-order valence-corrected chi connectivity index (χ3v) is 3.25. The van der Waals surface area contributed by atoms with Crippen molar-refractivity contribution in [2.24, 2.45) is 0 Å². The normalized spacial score (nSPS) is 11.7. The van der Waals surface area contributed by atoms with Crippen LogP contribution in [0.15, 0.2) is 42.5 Å². The Kier molecular flexibility index (Phi) is 4.91. The zero-order valence-electron chi connectivity index (χ0n) is 11.7.